The zero-order valence-electron chi connectivity index (χ0n) is 11.0. The second kappa shape index (κ2) is 7.23. The molecule has 0 aliphatic rings. The molecule has 0 bridgehead atoms. The van der Waals surface area contributed by atoms with E-state index in [1.807, 2.05) is 6.92 Å². The SMILES string of the molecule is CCCC(COC)NS(=O)(=O)c1ccc(N)cc1Br. The van der Waals surface area contributed by atoms with Crippen molar-refractivity contribution in [1.29, 1.82) is 0 Å². The lowest BCUT2D eigenvalue weighted by Gasteiger charge is -2.18. The average molecular weight is 351 g/mol. The lowest BCUT2D eigenvalue weighted by Crippen LogP contribution is -2.38. The average Bonchev–Trinajstić information content (AvgIpc) is 2.28. The third-order valence-corrected chi connectivity index (χ3v) is 5.07. The van der Waals surface area contributed by atoms with Crippen LogP contribution < -0.4 is 10.5 Å². The summed E-state index contributed by atoms with van der Waals surface area (Å²) in [6.45, 7) is 2.34. The number of hydrogen-bond donors (Lipinski definition) is 2. The standard InChI is InChI=1S/C12H19BrN2O3S/c1-3-4-10(8-18-2)15-19(16,17)12-6-5-9(14)7-11(12)13/h5-7,10,15H,3-4,8,14H2,1-2H3. The molecule has 1 aromatic rings. The minimum atomic E-state index is -3.58. The van der Waals surface area contributed by atoms with Crippen molar-refractivity contribution in [1.82, 2.24) is 4.72 Å². The second-order valence-electron chi connectivity index (χ2n) is 4.25. The van der Waals surface area contributed by atoms with E-state index in [0.717, 1.165) is 12.8 Å². The number of halogens is 1. The Morgan fingerprint density at radius 1 is 1.47 bits per heavy atom. The van der Waals surface area contributed by atoms with E-state index in [0.29, 0.717) is 16.8 Å². The summed E-state index contributed by atoms with van der Waals surface area (Å²) in [7, 11) is -2.03. The number of anilines is 1. The van der Waals surface area contributed by atoms with Crippen LogP contribution in [-0.4, -0.2) is 28.2 Å². The quantitative estimate of drug-likeness (QED) is 0.738. The van der Waals surface area contributed by atoms with Crippen molar-refractivity contribution in [2.45, 2.75) is 30.7 Å². The van der Waals surface area contributed by atoms with E-state index in [-0.39, 0.29) is 10.9 Å². The second-order valence-corrected chi connectivity index (χ2v) is 6.79. The molecule has 3 N–H and O–H groups in total. The fourth-order valence-corrected chi connectivity index (χ4v) is 4.09. The van der Waals surface area contributed by atoms with Gasteiger partial charge >= 0.3 is 0 Å². The molecule has 0 heterocycles. The minimum absolute atomic E-state index is 0.180. The van der Waals surface area contributed by atoms with Crippen LogP contribution in [0.1, 0.15) is 19.8 Å². The van der Waals surface area contributed by atoms with E-state index in [1.54, 1.807) is 19.2 Å². The number of benzene rings is 1. The molecule has 0 spiro atoms. The molecule has 108 valence electrons. The zero-order valence-corrected chi connectivity index (χ0v) is 13.4. The number of sulfonamides is 1. The highest BCUT2D eigenvalue weighted by Gasteiger charge is 2.21. The van der Waals surface area contributed by atoms with E-state index in [1.165, 1.54) is 6.07 Å². The lowest BCUT2D eigenvalue weighted by molar-refractivity contribution is 0.171. The molecule has 1 unspecified atom stereocenters. The Balaban J connectivity index is 2.96. The number of nitrogens with two attached hydrogens (primary N) is 1. The summed E-state index contributed by atoms with van der Waals surface area (Å²) in [5, 5.41) is 0. The Hall–Kier alpha value is -0.630. The van der Waals surface area contributed by atoms with Crippen LogP contribution in [0.3, 0.4) is 0 Å². The van der Waals surface area contributed by atoms with Gasteiger partial charge in [0.2, 0.25) is 10.0 Å². The molecule has 5 nitrogen and oxygen atoms in total. The normalized spacial score (nSPS) is 13.4. The number of hydrogen-bond acceptors (Lipinski definition) is 4. The molecule has 1 aromatic carbocycles. The number of nitrogens with one attached hydrogen (secondary N) is 1. The van der Waals surface area contributed by atoms with Crippen LogP contribution in [-0.2, 0) is 14.8 Å². The molecular weight excluding hydrogens is 332 g/mol. The van der Waals surface area contributed by atoms with Gasteiger partial charge in [-0.2, -0.15) is 0 Å². The maximum atomic E-state index is 12.3. The monoisotopic (exact) mass is 350 g/mol. The van der Waals surface area contributed by atoms with Crippen molar-refractivity contribution < 1.29 is 13.2 Å². The van der Waals surface area contributed by atoms with Crippen LogP contribution in [0, 0.1) is 0 Å². The van der Waals surface area contributed by atoms with Gasteiger partial charge in [-0.15, -0.1) is 0 Å². The van der Waals surface area contributed by atoms with Gasteiger partial charge in [-0.05, 0) is 40.5 Å². The molecule has 0 aliphatic carbocycles. The van der Waals surface area contributed by atoms with Crippen molar-refractivity contribution in [2.75, 3.05) is 19.5 Å². The molecule has 0 fully saturated rings. The molecule has 19 heavy (non-hydrogen) atoms. The van der Waals surface area contributed by atoms with Gasteiger partial charge in [0.05, 0.1) is 11.5 Å². The molecule has 1 atom stereocenters. The highest BCUT2D eigenvalue weighted by atomic mass is 79.9. The van der Waals surface area contributed by atoms with Crippen LogP contribution in [0.4, 0.5) is 5.69 Å². The third kappa shape index (κ3) is 4.76. The van der Waals surface area contributed by atoms with Crippen molar-refractivity contribution >= 4 is 31.6 Å². The van der Waals surface area contributed by atoms with Crippen LogP contribution in [0.25, 0.3) is 0 Å². The van der Waals surface area contributed by atoms with Crippen LogP contribution in [0.15, 0.2) is 27.6 Å². The molecule has 0 amide bonds. The molecule has 0 saturated heterocycles. The van der Waals surface area contributed by atoms with Crippen molar-refractivity contribution in [3.8, 4) is 0 Å². The molecule has 0 aliphatic heterocycles. The Kier molecular flexibility index (Phi) is 6.25. The van der Waals surface area contributed by atoms with E-state index in [2.05, 4.69) is 20.7 Å². The summed E-state index contributed by atoms with van der Waals surface area (Å²) in [6.07, 6.45) is 1.60. The fourth-order valence-electron chi connectivity index (χ4n) is 1.74. The van der Waals surface area contributed by atoms with Crippen LogP contribution in [0.5, 0.6) is 0 Å². The zero-order chi connectivity index (χ0) is 14.5. The van der Waals surface area contributed by atoms with Gasteiger partial charge in [0, 0.05) is 23.3 Å². The highest BCUT2D eigenvalue weighted by Crippen LogP contribution is 2.24. The maximum Gasteiger partial charge on any atom is 0.242 e. The predicted molar refractivity (Wildman–Crippen MR) is 79.4 cm³/mol. The van der Waals surface area contributed by atoms with Crippen LogP contribution >= 0.6 is 15.9 Å². The number of ether oxygens (including phenoxy) is 1. The first-order valence-electron chi connectivity index (χ1n) is 5.97. The summed E-state index contributed by atoms with van der Waals surface area (Å²) in [5.41, 5.74) is 6.11. The van der Waals surface area contributed by atoms with Crippen molar-refractivity contribution in [3.63, 3.8) is 0 Å². The Morgan fingerprint density at radius 3 is 2.68 bits per heavy atom. The Morgan fingerprint density at radius 2 is 2.16 bits per heavy atom. The van der Waals surface area contributed by atoms with E-state index < -0.39 is 10.0 Å². The summed E-state index contributed by atoms with van der Waals surface area (Å²) in [6, 6.07) is 4.38. The smallest absolute Gasteiger partial charge is 0.242 e. The van der Waals surface area contributed by atoms with E-state index in [9.17, 15) is 8.42 Å². The lowest BCUT2D eigenvalue weighted by atomic mass is 10.2. The molecule has 0 saturated carbocycles. The molecule has 0 aromatic heterocycles. The fraction of sp³-hybridized carbons (Fsp3) is 0.500. The summed E-state index contributed by atoms with van der Waals surface area (Å²) < 4.78 is 32.7. The van der Waals surface area contributed by atoms with Gasteiger partial charge in [-0.3, -0.25) is 0 Å². The van der Waals surface area contributed by atoms with Crippen molar-refractivity contribution in [3.05, 3.63) is 22.7 Å². The van der Waals surface area contributed by atoms with E-state index in [4.69, 9.17) is 10.5 Å². The topological polar surface area (TPSA) is 81.4 Å². The van der Waals surface area contributed by atoms with Gasteiger partial charge < -0.3 is 10.5 Å². The predicted octanol–water partition coefficient (Wildman–Crippen LogP) is 2.12. The highest BCUT2D eigenvalue weighted by molar-refractivity contribution is 9.10. The van der Waals surface area contributed by atoms with Crippen molar-refractivity contribution in [2.24, 2.45) is 0 Å². The van der Waals surface area contributed by atoms with E-state index >= 15 is 0 Å². The summed E-state index contributed by atoms with van der Waals surface area (Å²) >= 11 is 3.22. The molecular formula is C12H19BrN2O3S. The summed E-state index contributed by atoms with van der Waals surface area (Å²) in [4.78, 5) is 0.180. The molecule has 7 heteroatoms. The van der Waals surface area contributed by atoms with Gasteiger partial charge in [-0.25, -0.2) is 13.1 Å². The van der Waals surface area contributed by atoms with Gasteiger partial charge in [0.25, 0.3) is 0 Å². The first-order chi connectivity index (χ1) is 8.90. The number of methoxy groups -OCH3 is 1. The van der Waals surface area contributed by atoms with Gasteiger partial charge in [-0.1, -0.05) is 13.3 Å². The largest absolute Gasteiger partial charge is 0.399 e. The summed E-state index contributed by atoms with van der Waals surface area (Å²) in [5.74, 6) is 0. The minimum Gasteiger partial charge on any atom is -0.399 e. The van der Waals surface area contributed by atoms with Gasteiger partial charge in [0.15, 0.2) is 0 Å². The third-order valence-electron chi connectivity index (χ3n) is 2.57. The first-order valence-corrected chi connectivity index (χ1v) is 8.24. The molecule has 0 radical (unpaired) electrons. The number of rotatable bonds is 7. The Labute approximate surface area is 122 Å². The van der Waals surface area contributed by atoms with Gasteiger partial charge in [0.1, 0.15) is 0 Å². The maximum absolute atomic E-state index is 12.3. The Bertz CT molecular complexity index is 514. The van der Waals surface area contributed by atoms with Crippen LogP contribution in [0.2, 0.25) is 0 Å². The molecule has 1 rings (SSSR count). The first kappa shape index (κ1) is 16.4. The number of nitrogen functional groups attached to an aromatic ring is 1.